The number of carbonyl (C=O) groups is 2. The Bertz CT molecular complexity index is 1980. The first-order chi connectivity index (χ1) is 25.2. The number of benzene rings is 4. The Kier molecular flexibility index (Phi) is 12.1. The zero-order chi connectivity index (χ0) is 36.8. The van der Waals surface area contributed by atoms with Crippen molar-refractivity contribution in [1.82, 2.24) is 4.98 Å². The van der Waals surface area contributed by atoms with Crippen LogP contribution in [0.1, 0.15) is 110 Å². The highest BCUT2D eigenvalue weighted by Crippen LogP contribution is 2.49. The lowest BCUT2D eigenvalue weighted by Gasteiger charge is -2.34. The summed E-state index contributed by atoms with van der Waals surface area (Å²) >= 11 is 1.75. The number of ketones is 1. The number of fused-ring (bicyclic) bond motifs is 3. The number of nitrogens with one attached hydrogen (secondary N) is 1. The molecule has 6 nitrogen and oxygen atoms in total. The van der Waals surface area contributed by atoms with E-state index in [1.807, 2.05) is 42.5 Å². The molecule has 0 spiro atoms. The Labute approximate surface area is 312 Å². The third kappa shape index (κ3) is 8.42. The van der Waals surface area contributed by atoms with Crippen LogP contribution in [0.15, 0.2) is 95.9 Å². The molecule has 1 aliphatic carbocycles. The number of thioether (sulfide) groups is 1. The summed E-state index contributed by atoms with van der Waals surface area (Å²) in [7, 11) is 0. The van der Waals surface area contributed by atoms with Gasteiger partial charge >= 0.3 is 5.97 Å². The smallest absolute Gasteiger partial charge is 0.311 e. The number of carboxylic acid groups (broad SMARTS) is 1. The molecular weight excluding hydrogens is 667 g/mol. The number of Topliss-reactive ketones (excluding diaryl/α,β-unsaturated/α-hetero) is 1. The van der Waals surface area contributed by atoms with Crippen LogP contribution in [0.2, 0.25) is 0 Å². The molecule has 4 unspecified atom stereocenters. The minimum Gasteiger partial charge on any atom is -0.490 e. The van der Waals surface area contributed by atoms with Gasteiger partial charge in [-0.1, -0.05) is 95.3 Å². The standard InChI is InChI=1S/C45H51NO5S/c1-6-21-50-39-20-15-31(25-40(39)51-22-7-2)24-34-26-37(45(48)49)42-36-27-35(52-28(3)4)18-19-38(36)46-43(42)41(34)44(47)33-16-13-30(14-17-33)23-29(5)32-11-9-8-10-12-32/h8-20,25,27-29,34,37,41,46H,6-7,21-24,26H2,1-5H3,(H,48,49). The van der Waals surface area contributed by atoms with Crippen molar-refractivity contribution in [3.63, 3.8) is 0 Å². The maximum atomic E-state index is 14.8. The number of H-pyrrole nitrogens is 1. The summed E-state index contributed by atoms with van der Waals surface area (Å²) in [5, 5.41) is 12.0. The Morgan fingerprint density at radius 1 is 0.846 bits per heavy atom. The molecule has 1 heterocycles. The lowest BCUT2D eigenvalue weighted by Crippen LogP contribution is -2.33. The molecule has 6 rings (SSSR count). The van der Waals surface area contributed by atoms with Crippen molar-refractivity contribution in [3.8, 4) is 11.5 Å². The van der Waals surface area contributed by atoms with E-state index in [9.17, 15) is 14.7 Å². The van der Waals surface area contributed by atoms with Gasteiger partial charge in [0.05, 0.1) is 25.0 Å². The summed E-state index contributed by atoms with van der Waals surface area (Å²) in [5.41, 5.74) is 6.41. The van der Waals surface area contributed by atoms with Crippen LogP contribution < -0.4 is 9.47 Å². The topological polar surface area (TPSA) is 88.6 Å². The molecule has 4 aromatic carbocycles. The summed E-state index contributed by atoms with van der Waals surface area (Å²) in [4.78, 5) is 32.6. The van der Waals surface area contributed by atoms with Gasteiger partial charge in [0.1, 0.15) is 0 Å². The van der Waals surface area contributed by atoms with Gasteiger partial charge in [-0.2, -0.15) is 0 Å². The number of carboxylic acids is 1. The summed E-state index contributed by atoms with van der Waals surface area (Å²) in [5.74, 6) is -0.699. The van der Waals surface area contributed by atoms with Crippen LogP contribution in [0, 0.1) is 5.92 Å². The van der Waals surface area contributed by atoms with Crippen LogP contribution in [0.4, 0.5) is 0 Å². The molecule has 0 amide bonds. The van der Waals surface area contributed by atoms with Crippen molar-refractivity contribution >= 4 is 34.4 Å². The number of hydrogen-bond acceptors (Lipinski definition) is 5. The molecular formula is C45H51NO5S. The van der Waals surface area contributed by atoms with E-state index < -0.39 is 17.8 Å². The first-order valence-electron chi connectivity index (χ1n) is 18.8. The normalized spacial score (nSPS) is 17.5. The minimum atomic E-state index is -0.868. The molecule has 0 bridgehead atoms. The van der Waals surface area contributed by atoms with E-state index in [2.05, 4.69) is 88.1 Å². The van der Waals surface area contributed by atoms with Crippen LogP contribution in [0.25, 0.3) is 10.9 Å². The number of carbonyl (C=O) groups excluding carboxylic acids is 1. The monoisotopic (exact) mass is 717 g/mol. The SMILES string of the molecule is CCCOc1ccc(CC2CC(C(=O)O)c3c([nH]c4ccc(SC(C)C)cc34)C2C(=O)c2ccc(CC(C)c3ccccc3)cc2)cc1OCCC. The summed E-state index contributed by atoms with van der Waals surface area (Å²) in [6, 6.07) is 30.7. The third-order valence-corrected chi connectivity index (χ3v) is 11.0. The van der Waals surface area contributed by atoms with Crippen LogP contribution in [0.3, 0.4) is 0 Å². The number of ether oxygens (including phenoxy) is 2. The second-order valence-corrected chi connectivity index (χ2v) is 16.1. The Balaban J connectivity index is 1.39. The Hall–Kier alpha value is -4.49. The van der Waals surface area contributed by atoms with Crippen molar-refractivity contribution in [2.75, 3.05) is 13.2 Å². The lowest BCUT2D eigenvalue weighted by molar-refractivity contribution is -0.139. The van der Waals surface area contributed by atoms with E-state index in [0.717, 1.165) is 51.9 Å². The molecule has 52 heavy (non-hydrogen) atoms. The number of aliphatic carboxylic acids is 1. The van der Waals surface area contributed by atoms with Crippen molar-refractivity contribution < 1.29 is 24.2 Å². The molecule has 0 saturated heterocycles. The van der Waals surface area contributed by atoms with Crippen molar-refractivity contribution in [1.29, 1.82) is 0 Å². The molecule has 0 fully saturated rings. The fourth-order valence-electron chi connectivity index (χ4n) is 7.62. The van der Waals surface area contributed by atoms with E-state index in [4.69, 9.17) is 9.47 Å². The van der Waals surface area contributed by atoms with Gasteiger partial charge in [0, 0.05) is 32.3 Å². The van der Waals surface area contributed by atoms with E-state index in [-0.39, 0.29) is 11.7 Å². The molecule has 0 radical (unpaired) electrons. The number of hydrogen-bond donors (Lipinski definition) is 2. The van der Waals surface area contributed by atoms with Crippen molar-refractivity contribution in [3.05, 3.63) is 125 Å². The largest absolute Gasteiger partial charge is 0.490 e. The van der Waals surface area contributed by atoms with Gasteiger partial charge in [-0.05, 0) is 96.5 Å². The lowest BCUT2D eigenvalue weighted by atomic mass is 9.68. The highest BCUT2D eigenvalue weighted by molar-refractivity contribution is 7.99. The zero-order valence-corrected chi connectivity index (χ0v) is 31.8. The van der Waals surface area contributed by atoms with Gasteiger partial charge in [0.25, 0.3) is 0 Å². The maximum Gasteiger partial charge on any atom is 0.311 e. The molecule has 2 N–H and O–H groups in total. The molecule has 1 aliphatic rings. The van der Waals surface area contributed by atoms with Crippen molar-refractivity contribution in [2.24, 2.45) is 5.92 Å². The average Bonchev–Trinajstić information content (AvgIpc) is 3.51. The van der Waals surface area contributed by atoms with Crippen LogP contribution in [-0.2, 0) is 17.6 Å². The summed E-state index contributed by atoms with van der Waals surface area (Å²) < 4.78 is 12.1. The quantitative estimate of drug-likeness (QED) is 0.0780. The van der Waals surface area contributed by atoms with Crippen LogP contribution >= 0.6 is 11.8 Å². The van der Waals surface area contributed by atoms with Crippen LogP contribution in [0.5, 0.6) is 11.5 Å². The highest BCUT2D eigenvalue weighted by atomic mass is 32.2. The third-order valence-electron chi connectivity index (χ3n) is 10.0. The second kappa shape index (κ2) is 16.9. The van der Waals surface area contributed by atoms with E-state index in [1.165, 1.54) is 11.1 Å². The Morgan fingerprint density at radius 2 is 1.54 bits per heavy atom. The fourth-order valence-corrected chi connectivity index (χ4v) is 8.49. The zero-order valence-electron chi connectivity index (χ0n) is 31.0. The van der Waals surface area contributed by atoms with Gasteiger partial charge in [-0.3, -0.25) is 9.59 Å². The summed E-state index contributed by atoms with van der Waals surface area (Å²) in [6.07, 6.45) is 3.48. The molecule has 7 heteroatoms. The van der Waals surface area contributed by atoms with E-state index >= 15 is 0 Å². The minimum absolute atomic E-state index is 0.00596. The predicted octanol–water partition coefficient (Wildman–Crippen LogP) is 11.0. The van der Waals surface area contributed by atoms with Crippen molar-refractivity contribution in [2.45, 2.75) is 94.6 Å². The number of rotatable bonds is 16. The van der Waals surface area contributed by atoms with Gasteiger partial charge in [-0.15, -0.1) is 11.8 Å². The molecule has 5 aromatic rings. The van der Waals surface area contributed by atoms with Gasteiger partial charge < -0.3 is 19.6 Å². The van der Waals surface area contributed by atoms with Gasteiger partial charge in [-0.25, -0.2) is 0 Å². The summed E-state index contributed by atoms with van der Waals surface area (Å²) in [6.45, 7) is 11.8. The average molecular weight is 718 g/mol. The van der Waals surface area contributed by atoms with Gasteiger partial charge in [0.15, 0.2) is 17.3 Å². The number of aromatic nitrogens is 1. The van der Waals surface area contributed by atoms with E-state index in [0.29, 0.717) is 54.3 Å². The molecule has 0 aliphatic heterocycles. The molecule has 0 saturated carbocycles. The second-order valence-electron chi connectivity index (χ2n) is 14.4. The maximum absolute atomic E-state index is 14.8. The Morgan fingerprint density at radius 3 is 2.21 bits per heavy atom. The highest BCUT2D eigenvalue weighted by Gasteiger charge is 2.44. The van der Waals surface area contributed by atoms with E-state index in [1.54, 1.807) is 11.8 Å². The van der Waals surface area contributed by atoms with Crippen LogP contribution in [-0.4, -0.2) is 40.3 Å². The number of aromatic amines is 1. The predicted molar refractivity (Wildman–Crippen MR) is 212 cm³/mol. The molecule has 1 aromatic heterocycles. The first-order valence-corrected chi connectivity index (χ1v) is 19.7. The molecule has 272 valence electrons. The van der Waals surface area contributed by atoms with Gasteiger partial charge in [0.2, 0.25) is 0 Å². The first kappa shape index (κ1) is 37.3. The molecule has 4 atom stereocenters. The fraction of sp³-hybridized carbons (Fsp3) is 0.378.